The molecule has 0 aromatic heterocycles. The summed E-state index contributed by atoms with van der Waals surface area (Å²) < 4.78 is 10.5. The van der Waals surface area contributed by atoms with Gasteiger partial charge < -0.3 is 19.7 Å². The van der Waals surface area contributed by atoms with Gasteiger partial charge in [0.2, 0.25) is 6.79 Å². The molecule has 2 heterocycles. The van der Waals surface area contributed by atoms with Crippen molar-refractivity contribution >= 4 is 5.91 Å². The Morgan fingerprint density at radius 3 is 3.06 bits per heavy atom. The Hall–Kier alpha value is -1.75. The number of rotatable bonds is 1. The van der Waals surface area contributed by atoms with E-state index >= 15 is 0 Å². The van der Waals surface area contributed by atoms with Gasteiger partial charge in [0.25, 0.3) is 5.91 Å². The Kier molecular flexibility index (Phi) is 2.83. The molecule has 18 heavy (non-hydrogen) atoms. The number of fused-ring (bicyclic) bond motifs is 1. The number of benzene rings is 1. The van der Waals surface area contributed by atoms with Gasteiger partial charge in [-0.2, -0.15) is 0 Å². The smallest absolute Gasteiger partial charge is 0.254 e. The highest BCUT2D eigenvalue weighted by atomic mass is 16.7. The molecule has 5 heteroatoms. The van der Waals surface area contributed by atoms with Crippen molar-refractivity contribution < 1.29 is 14.3 Å². The number of hydrogen-bond donors (Lipinski definition) is 1. The normalized spacial score (nSPS) is 22.1. The second-order valence-corrected chi connectivity index (χ2v) is 4.62. The van der Waals surface area contributed by atoms with Crippen LogP contribution >= 0.6 is 0 Å². The highest BCUT2D eigenvalue weighted by molar-refractivity contribution is 5.95. The summed E-state index contributed by atoms with van der Waals surface area (Å²) >= 11 is 0. The van der Waals surface area contributed by atoms with Crippen LogP contribution in [-0.2, 0) is 0 Å². The van der Waals surface area contributed by atoms with Crippen LogP contribution in [0.4, 0.5) is 0 Å². The van der Waals surface area contributed by atoms with Gasteiger partial charge in [-0.15, -0.1) is 0 Å². The molecular weight excluding hydrogens is 232 g/mol. The quantitative estimate of drug-likeness (QED) is 0.800. The molecule has 0 aliphatic carbocycles. The number of nitrogens with one attached hydrogen (secondary N) is 1. The maximum atomic E-state index is 12.4. The van der Waals surface area contributed by atoms with E-state index in [0.29, 0.717) is 17.1 Å². The Balaban J connectivity index is 1.83. The van der Waals surface area contributed by atoms with Gasteiger partial charge in [0.15, 0.2) is 11.5 Å². The Morgan fingerprint density at radius 2 is 2.22 bits per heavy atom. The second kappa shape index (κ2) is 4.49. The topological polar surface area (TPSA) is 50.8 Å². The monoisotopic (exact) mass is 248 g/mol. The van der Waals surface area contributed by atoms with Crippen LogP contribution in [0.5, 0.6) is 11.5 Å². The van der Waals surface area contributed by atoms with Crippen LogP contribution in [0.3, 0.4) is 0 Å². The lowest BCUT2D eigenvalue weighted by Crippen LogP contribution is -2.52. The molecule has 5 nitrogen and oxygen atoms in total. The molecule has 1 fully saturated rings. The first kappa shape index (κ1) is 11.3. The highest BCUT2D eigenvalue weighted by Gasteiger charge is 2.25. The number of carbonyl (C=O) groups is 1. The third-order valence-electron chi connectivity index (χ3n) is 3.38. The van der Waals surface area contributed by atoms with E-state index < -0.39 is 0 Å². The van der Waals surface area contributed by atoms with Gasteiger partial charge >= 0.3 is 0 Å². The molecule has 1 amide bonds. The molecule has 0 radical (unpaired) electrons. The molecule has 3 rings (SSSR count). The maximum Gasteiger partial charge on any atom is 0.254 e. The number of carbonyl (C=O) groups excluding carboxylic acids is 1. The summed E-state index contributed by atoms with van der Waals surface area (Å²) in [7, 11) is 0. The standard InChI is InChI=1S/C13H16N2O3/c1-9-7-14-4-5-15(9)13(16)10-2-3-11-12(6-10)18-8-17-11/h2-3,6,9,14H,4-5,7-8H2,1H3/t9-/m0/s1. The third kappa shape index (κ3) is 1.90. The minimum atomic E-state index is 0.0577. The molecule has 1 atom stereocenters. The molecule has 1 N–H and O–H groups in total. The third-order valence-corrected chi connectivity index (χ3v) is 3.38. The molecular formula is C13H16N2O3. The Labute approximate surface area is 106 Å². The first-order valence-electron chi connectivity index (χ1n) is 6.17. The van der Waals surface area contributed by atoms with E-state index in [2.05, 4.69) is 12.2 Å². The molecule has 1 aromatic carbocycles. The fourth-order valence-electron chi connectivity index (χ4n) is 2.34. The number of amides is 1. The second-order valence-electron chi connectivity index (χ2n) is 4.62. The molecule has 96 valence electrons. The van der Waals surface area contributed by atoms with Gasteiger partial charge in [-0.3, -0.25) is 4.79 Å². The van der Waals surface area contributed by atoms with Gasteiger partial charge in [0, 0.05) is 31.2 Å². The molecule has 0 unspecified atom stereocenters. The predicted octanol–water partition coefficient (Wildman–Crippen LogP) is 0.849. The summed E-state index contributed by atoms with van der Waals surface area (Å²) in [5.74, 6) is 1.42. The lowest BCUT2D eigenvalue weighted by molar-refractivity contribution is 0.0655. The lowest BCUT2D eigenvalue weighted by atomic mass is 10.1. The van der Waals surface area contributed by atoms with E-state index in [0.717, 1.165) is 19.6 Å². The summed E-state index contributed by atoms with van der Waals surface area (Å²) in [6.45, 7) is 4.72. The van der Waals surface area contributed by atoms with Crippen LogP contribution in [0.15, 0.2) is 18.2 Å². The summed E-state index contributed by atoms with van der Waals surface area (Å²) in [5.41, 5.74) is 0.660. The number of nitrogens with zero attached hydrogens (tertiary/aromatic N) is 1. The minimum Gasteiger partial charge on any atom is -0.454 e. The van der Waals surface area contributed by atoms with Crippen molar-refractivity contribution in [1.29, 1.82) is 0 Å². The van der Waals surface area contributed by atoms with Crippen LogP contribution in [0.25, 0.3) is 0 Å². The van der Waals surface area contributed by atoms with E-state index in [1.807, 2.05) is 4.90 Å². The first-order valence-corrected chi connectivity index (χ1v) is 6.17. The van der Waals surface area contributed by atoms with E-state index in [4.69, 9.17) is 9.47 Å². The molecule has 0 saturated carbocycles. The van der Waals surface area contributed by atoms with Crippen molar-refractivity contribution in [1.82, 2.24) is 10.2 Å². The Bertz CT molecular complexity index is 475. The lowest BCUT2D eigenvalue weighted by Gasteiger charge is -2.34. The number of hydrogen-bond acceptors (Lipinski definition) is 4. The number of ether oxygens (including phenoxy) is 2. The molecule has 0 spiro atoms. The zero-order chi connectivity index (χ0) is 12.5. The van der Waals surface area contributed by atoms with Crippen molar-refractivity contribution in [3.8, 4) is 11.5 Å². The predicted molar refractivity (Wildman–Crippen MR) is 65.9 cm³/mol. The number of piperazine rings is 1. The van der Waals surface area contributed by atoms with Gasteiger partial charge in [-0.25, -0.2) is 0 Å². The highest BCUT2D eigenvalue weighted by Crippen LogP contribution is 2.32. The van der Waals surface area contributed by atoms with E-state index in [-0.39, 0.29) is 18.7 Å². The van der Waals surface area contributed by atoms with Gasteiger partial charge in [0.05, 0.1) is 0 Å². The molecule has 1 saturated heterocycles. The molecule has 2 aliphatic heterocycles. The van der Waals surface area contributed by atoms with Gasteiger partial charge in [0.1, 0.15) is 0 Å². The van der Waals surface area contributed by atoms with Crippen LogP contribution in [0.2, 0.25) is 0 Å². The Morgan fingerprint density at radius 1 is 1.39 bits per heavy atom. The zero-order valence-electron chi connectivity index (χ0n) is 10.3. The van der Waals surface area contributed by atoms with Crippen molar-refractivity contribution in [2.24, 2.45) is 0 Å². The fraction of sp³-hybridized carbons (Fsp3) is 0.462. The average molecular weight is 248 g/mol. The largest absolute Gasteiger partial charge is 0.454 e. The van der Waals surface area contributed by atoms with Crippen molar-refractivity contribution in [2.45, 2.75) is 13.0 Å². The summed E-state index contributed by atoms with van der Waals surface area (Å²) in [5, 5.41) is 3.27. The zero-order valence-corrected chi connectivity index (χ0v) is 10.3. The van der Waals surface area contributed by atoms with Gasteiger partial charge in [-0.05, 0) is 25.1 Å². The van der Waals surface area contributed by atoms with Crippen LogP contribution < -0.4 is 14.8 Å². The first-order chi connectivity index (χ1) is 8.75. The summed E-state index contributed by atoms with van der Waals surface area (Å²) in [4.78, 5) is 14.3. The summed E-state index contributed by atoms with van der Waals surface area (Å²) in [6.07, 6.45) is 0. The van der Waals surface area contributed by atoms with Crippen molar-refractivity contribution in [2.75, 3.05) is 26.4 Å². The van der Waals surface area contributed by atoms with E-state index in [1.54, 1.807) is 18.2 Å². The van der Waals surface area contributed by atoms with Crippen molar-refractivity contribution in [3.05, 3.63) is 23.8 Å². The maximum absolute atomic E-state index is 12.4. The van der Waals surface area contributed by atoms with E-state index in [1.165, 1.54) is 0 Å². The van der Waals surface area contributed by atoms with Crippen molar-refractivity contribution in [3.63, 3.8) is 0 Å². The van der Waals surface area contributed by atoms with Crippen LogP contribution in [-0.4, -0.2) is 43.3 Å². The molecule has 2 aliphatic rings. The van der Waals surface area contributed by atoms with Crippen LogP contribution in [0, 0.1) is 0 Å². The average Bonchev–Trinajstić information content (AvgIpc) is 2.85. The molecule has 1 aromatic rings. The molecule has 0 bridgehead atoms. The van der Waals surface area contributed by atoms with Crippen LogP contribution in [0.1, 0.15) is 17.3 Å². The minimum absolute atomic E-state index is 0.0577. The van der Waals surface area contributed by atoms with Gasteiger partial charge in [-0.1, -0.05) is 0 Å². The summed E-state index contributed by atoms with van der Waals surface area (Å²) in [6, 6.07) is 5.57. The fourth-order valence-corrected chi connectivity index (χ4v) is 2.34. The SMILES string of the molecule is C[C@H]1CNCCN1C(=O)c1ccc2c(c1)OCO2. The van der Waals surface area contributed by atoms with E-state index in [9.17, 15) is 4.79 Å².